The zero-order valence-electron chi connectivity index (χ0n) is 11.7. The van der Waals surface area contributed by atoms with Gasteiger partial charge in [0.1, 0.15) is 0 Å². The second-order valence-corrected chi connectivity index (χ2v) is 7.19. The molecule has 0 radical (unpaired) electrons. The average Bonchev–Trinajstić information content (AvgIpc) is 2.30. The molecule has 0 atom stereocenters. The lowest BCUT2D eigenvalue weighted by Gasteiger charge is -2.22. The summed E-state index contributed by atoms with van der Waals surface area (Å²) >= 11 is 9.68. The summed E-state index contributed by atoms with van der Waals surface area (Å²) < 4.78 is 1.07. The van der Waals surface area contributed by atoms with Crippen LogP contribution in [0.2, 0.25) is 5.02 Å². The van der Waals surface area contributed by atoms with Crippen LogP contribution in [0.1, 0.15) is 31.9 Å². The van der Waals surface area contributed by atoms with Gasteiger partial charge in [-0.15, -0.1) is 0 Å². The molecule has 2 aromatic rings. The van der Waals surface area contributed by atoms with Gasteiger partial charge in [-0.2, -0.15) is 0 Å². The minimum atomic E-state index is 0.175. The zero-order valence-corrected chi connectivity index (χ0v) is 14.1. The van der Waals surface area contributed by atoms with Gasteiger partial charge in [0, 0.05) is 9.50 Å². The van der Waals surface area contributed by atoms with Crippen molar-refractivity contribution in [3.63, 3.8) is 0 Å². The largest absolute Gasteiger partial charge is 0.0843 e. The van der Waals surface area contributed by atoms with E-state index >= 15 is 0 Å². The molecule has 0 spiro atoms. The molecule has 0 amide bonds. The molecule has 19 heavy (non-hydrogen) atoms. The third kappa shape index (κ3) is 3.21. The van der Waals surface area contributed by atoms with Gasteiger partial charge in [-0.3, -0.25) is 0 Å². The minimum absolute atomic E-state index is 0.175. The standard InChI is InChI=1S/C17H18BrCl/c1-11-9-12(5-7-15(11)17(2,3)4)14-10-13(19)6-8-16(14)18/h5-10H,1-4H3. The first-order valence-electron chi connectivity index (χ1n) is 6.35. The van der Waals surface area contributed by atoms with Gasteiger partial charge in [-0.05, 0) is 52.8 Å². The predicted molar refractivity (Wildman–Crippen MR) is 88.0 cm³/mol. The van der Waals surface area contributed by atoms with Crippen LogP contribution in [0.25, 0.3) is 11.1 Å². The van der Waals surface area contributed by atoms with E-state index in [-0.39, 0.29) is 5.41 Å². The average molecular weight is 338 g/mol. The third-order valence-corrected chi connectivity index (χ3v) is 4.20. The lowest BCUT2D eigenvalue weighted by atomic mass is 9.83. The monoisotopic (exact) mass is 336 g/mol. The highest BCUT2D eigenvalue weighted by Crippen LogP contribution is 2.34. The van der Waals surface area contributed by atoms with Gasteiger partial charge < -0.3 is 0 Å². The lowest BCUT2D eigenvalue weighted by Crippen LogP contribution is -2.12. The Morgan fingerprint density at radius 1 is 1.00 bits per heavy atom. The van der Waals surface area contributed by atoms with Crippen molar-refractivity contribution in [2.24, 2.45) is 0 Å². The molecule has 0 aromatic heterocycles. The first-order chi connectivity index (χ1) is 8.79. The van der Waals surface area contributed by atoms with E-state index in [1.807, 2.05) is 18.2 Å². The summed E-state index contributed by atoms with van der Waals surface area (Å²) in [6, 6.07) is 12.5. The molecule has 0 heterocycles. The SMILES string of the molecule is Cc1cc(-c2cc(Cl)ccc2Br)ccc1C(C)(C)C. The topological polar surface area (TPSA) is 0 Å². The van der Waals surface area contributed by atoms with Gasteiger partial charge in [0.05, 0.1) is 0 Å². The van der Waals surface area contributed by atoms with Gasteiger partial charge in [0.2, 0.25) is 0 Å². The number of hydrogen-bond acceptors (Lipinski definition) is 0. The second-order valence-electron chi connectivity index (χ2n) is 5.90. The highest BCUT2D eigenvalue weighted by Gasteiger charge is 2.16. The van der Waals surface area contributed by atoms with E-state index in [4.69, 9.17) is 11.6 Å². The Hall–Kier alpha value is -0.790. The molecule has 0 saturated carbocycles. The molecule has 2 rings (SSSR count). The van der Waals surface area contributed by atoms with Crippen molar-refractivity contribution in [3.8, 4) is 11.1 Å². The zero-order chi connectivity index (χ0) is 14.2. The van der Waals surface area contributed by atoms with E-state index in [2.05, 4.69) is 61.8 Å². The summed E-state index contributed by atoms with van der Waals surface area (Å²) in [5.74, 6) is 0. The fourth-order valence-corrected chi connectivity index (χ4v) is 3.04. The van der Waals surface area contributed by atoms with Gasteiger partial charge in [-0.25, -0.2) is 0 Å². The third-order valence-electron chi connectivity index (χ3n) is 3.27. The van der Waals surface area contributed by atoms with Crippen LogP contribution in [0, 0.1) is 6.92 Å². The maximum Gasteiger partial charge on any atom is 0.0412 e. The molecule has 0 N–H and O–H groups in total. The van der Waals surface area contributed by atoms with Gasteiger partial charge in [-0.1, -0.05) is 66.5 Å². The highest BCUT2D eigenvalue weighted by molar-refractivity contribution is 9.10. The Bertz CT molecular complexity index is 609. The molecule has 0 fully saturated rings. The number of aryl methyl sites for hydroxylation is 1. The smallest absolute Gasteiger partial charge is 0.0412 e. The molecule has 0 unspecified atom stereocenters. The summed E-state index contributed by atoms with van der Waals surface area (Å²) in [5.41, 5.74) is 5.20. The van der Waals surface area contributed by atoms with Crippen molar-refractivity contribution in [1.82, 2.24) is 0 Å². The molecule has 100 valence electrons. The Balaban J connectivity index is 2.54. The molecule has 0 aliphatic rings. The molecule has 2 heteroatoms. The summed E-state index contributed by atoms with van der Waals surface area (Å²) in [6.45, 7) is 8.89. The molecular formula is C17H18BrCl. The van der Waals surface area contributed by atoms with Crippen molar-refractivity contribution >= 4 is 27.5 Å². The molecule has 0 aliphatic heterocycles. The van der Waals surface area contributed by atoms with Crippen LogP contribution >= 0.6 is 27.5 Å². The van der Waals surface area contributed by atoms with Crippen LogP contribution in [0.4, 0.5) is 0 Å². The Labute approximate surface area is 128 Å². The van der Waals surface area contributed by atoms with Gasteiger partial charge in [0.15, 0.2) is 0 Å². The lowest BCUT2D eigenvalue weighted by molar-refractivity contribution is 0.586. The van der Waals surface area contributed by atoms with E-state index in [9.17, 15) is 0 Å². The summed E-state index contributed by atoms with van der Waals surface area (Å²) in [4.78, 5) is 0. The second kappa shape index (κ2) is 5.30. The molecular weight excluding hydrogens is 320 g/mol. The maximum absolute atomic E-state index is 6.09. The van der Waals surface area contributed by atoms with Crippen molar-refractivity contribution in [2.45, 2.75) is 33.1 Å². The number of benzene rings is 2. The molecule has 2 aromatic carbocycles. The normalized spacial score (nSPS) is 11.7. The minimum Gasteiger partial charge on any atom is -0.0843 e. The van der Waals surface area contributed by atoms with Crippen molar-refractivity contribution in [1.29, 1.82) is 0 Å². The van der Waals surface area contributed by atoms with Crippen LogP contribution < -0.4 is 0 Å². The first kappa shape index (κ1) is 14.6. The number of halogens is 2. The maximum atomic E-state index is 6.09. The Morgan fingerprint density at radius 3 is 2.26 bits per heavy atom. The quantitative estimate of drug-likeness (QED) is 0.566. The van der Waals surface area contributed by atoms with Crippen LogP contribution in [-0.4, -0.2) is 0 Å². The fourth-order valence-electron chi connectivity index (χ4n) is 2.39. The van der Waals surface area contributed by atoms with E-state index in [1.165, 1.54) is 16.7 Å². The summed E-state index contributed by atoms with van der Waals surface area (Å²) in [5, 5.41) is 0.760. The molecule has 0 nitrogen and oxygen atoms in total. The van der Waals surface area contributed by atoms with E-state index < -0.39 is 0 Å². The summed E-state index contributed by atoms with van der Waals surface area (Å²) in [7, 11) is 0. The summed E-state index contributed by atoms with van der Waals surface area (Å²) in [6.07, 6.45) is 0. The van der Waals surface area contributed by atoms with Crippen molar-refractivity contribution in [3.05, 3.63) is 57.0 Å². The van der Waals surface area contributed by atoms with Crippen LogP contribution in [-0.2, 0) is 5.41 Å². The van der Waals surface area contributed by atoms with Crippen LogP contribution in [0.15, 0.2) is 40.9 Å². The number of hydrogen-bond donors (Lipinski definition) is 0. The van der Waals surface area contributed by atoms with Gasteiger partial charge >= 0.3 is 0 Å². The van der Waals surface area contributed by atoms with E-state index in [1.54, 1.807) is 0 Å². The fraction of sp³-hybridized carbons (Fsp3) is 0.294. The molecule has 0 aliphatic carbocycles. The van der Waals surface area contributed by atoms with Crippen molar-refractivity contribution < 1.29 is 0 Å². The van der Waals surface area contributed by atoms with Crippen molar-refractivity contribution in [2.75, 3.05) is 0 Å². The molecule has 0 bridgehead atoms. The van der Waals surface area contributed by atoms with Crippen LogP contribution in [0.3, 0.4) is 0 Å². The number of rotatable bonds is 1. The van der Waals surface area contributed by atoms with E-state index in [0.29, 0.717) is 0 Å². The van der Waals surface area contributed by atoms with Crippen LogP contribution in [0.5, 0.6) is 0 Å². The Morgan fingerprint density at radius 2 is 1.68 bits per heavy atom. The van der Waals surface area contributed by atoms with E-state index in [0.717, 1.165) is 15.1 Å². The first-order valence-corrected chi connectivity index (χ1v) is 7.52. The Kier molecular flexibility index (Phi) is 4.08. The van der Waals surface area contributed by atoms with Gasteiger partial charge in [0.25, 0.3) is 0 Å². The molecule has 0 saturated heterocycles. The predicted octanol–water partition coefficient (Wildman–Crippen LogP) is 6.38. The highest BCUT2D eigenvalue weighted by atomic mass is 79.9.